The summed E-state index contributed by atoms with van der Waals surface area (Å²) < 4.78 is 18.4. The number of hydrogen-bond donors (Lipinski definition) is 1. The second kappa shape index (κ2) is 10.8. The summed E-state index contributed by atoms with van der Waals surface area (Å²) in [6, 6.07) is 11.6. The lowest BCUT2D eigenvalue weighted by Crippen LogP contribution is -2.24. The van der Waals surface area contributed by atoms with Crippen LogP contribution in [0.5, 0.6) is 17.2 Å². The van der Waals surface area contributed by atoms with E-state index in [1.807, 2.05) is 13.8 Å². The fourth-order valence-electron chi connectivity index (χ4n) is 2.94. The molecule has 1 amide bonds. The molecule has 9 nitrogen and oxygen atoms in total. The van der Waals surface area contributed by atoms with Gasteiger partial charge >= 0.3 is 5.97 Å². The molecule has 33 heavy (non-hydrogen) atoms. The number of ether oxygens (including phenoxy) is 3. The van der Waals surface area contributed by atoms with Crippen molar-refractivity contribution in [1.82, 2.24) is 15.2 Å². The van der Waals surface area contributed by atoms with Crippen molar-refractivity contribution in [3.8, 4) is 17.2 Å². The molecule has 0 radical (unpaired) electrons. The van der Waals surface area contributed by atoms with Gasteiger partial charge in [0, 0.05) is 0 Å². The van der Waals surface area contributed by atoms with E-state index in [1.54, 1.807) is 47.1 Å². The number of amides is 1. The van der Waals surface area contributed by atoms with Crippen LogP contribution in [0.15, 0.2) is 52.0 Å². The molecule has 0 spiro atoms. The third-order valence-electron chi connectivity index (χ3n) is 4.69. The van der Waals surface area contributed by atoms with Crippen molar-refractivity contribution in [3.05, 3.63) is 69.5 Å². The zero-order valence-corrected chi connectivity index (χ0v) is 20.2. The molecule has 0 unspecified atom stereocenters. The zero-order valence-electron chi connectivity index (χ0n) is 18.6. The second-order valence-electron chi connectivity index (χ2n) is 6.97. The molecule has 2 aromatic carbocycles. The van der Waals surface area contributed by atoms with Crippen molar-refractivity contribution < 1.29 is 23.8 Å². The summed E-state index contributed by atoms with van der Waals surface area (Å²) in [7, 11) is 2.99. The van der Waals surface area contributed by atoms with Gasteiger partial charge < -0.3 is 14.2 Å². The van der Waals surface area contributed by atoms with E-state index in [9.17, 15) is 9.59 Å². The van der Waals surface area contributed by atoms with Gasteiger partial charge in [-0.2, -0.15) is 10.2 Å². The molecule has 0 aliphatic heterocycles. The molecule has 3 rings (SSSR count). The van der Waals surface area contributed by atoms with Crippen molar-refractivity contribution >= 4 is 34.0 Å². The second-order valence-corrected chi connectivity index (χ2v) is 7.76. The Morgan fingerprint density at radius 2 is 1.91 bits per heavy atom. The first kappa shape index (κ1) is 24.0. The first-order chi connectivity index (χ1) is 15.8. The predicted molar refractivity (Wildman–Crippen MR) is 126 cm³/mol. The number of aryl methyl sites for hydroxylation is 1. The fraction of sp³-hybridized carbons (Fsp3) is 0.217. The number of nitrogens with zero attached hydrogens (tertiary/aromatic N) is 3. The van der Waals surface area contributed by atoms with Gasteiger partial charge in [-0.1, -0.05) is 6.07 Å². The van der Waals surface area contributed by atoms with E-state index < -0.39 is 5.97 Å². The van der Waals surface area contributed by atoms with Crippen LogP contribution < -0.4 is 19.6 Å². The largest absolute Gasteiger partial charge is 0.497 e. The van der Waals surface area contributed by atoms with Crippen LogP contribution in [0.4, 0.5) is 0 Å². The van der Waals surface area contributed by atoms with Crippen LogP contribution in [0, 0.1) is 13.8 Å². The van der Waals surface area contributed by atoms with Crippen LogP contribution in [0.1, 0.15) is 27.3 Å². The smallest absolute Gasteiger partial charge is 0.343 e. The highest BCUT2D eigenvalue weighted by Gasteiger charge is 2.14. The van der Waals surface area contributed by atoms with Crippen LogP contribution >= 0.6 is 15.9 Å². The van der Waals surface area contributed by atoms with Crippen LogP contribution in [0.25, 0.3) is 0 Å². The van der Waals surface area contributed by atoms with Crippen LogP contribution in [-0.4, -0.2) is 42.1 Å². The summed E-state index contributed by atoms with van der Waals surface area (Å²) in [6.45, 7) is 3.77. The average molecular weight is 515 g/mol. The quantitative estimate of drug-likeness (QED) is 0.213. The van der Waals surface area contributed by atoms with E-state index in [4.69, 9.17) is 14.2 Å². The maximum absolute atomic E-state index is 12.5. The Morgan fingerprint density at radius 3 is 2.58 bits per heavy atom. The lowest BCUT2D eigenvalue weighted by atomic mass is 10.2. The highest BCUT2D eigenvalue weighted by molar-refractivity contribution is 9.10. The third kappa shape index (κ3) is 5.98. The van der Waals surface area contributed by atoms with Gasteiger partial charge in [0.2, 0.25) is 0 Å². The van der Waals surface area contributed by atoms with Gasteiger partial charge in [-0.15, -0.1) is 0 Å². The maximum atomic E-state index is 12.5. The monoisotopic (exact) mass is 514 g/mol. The molecule has 0 bridgehead atoms. The summed E-state index contributed by atoms with van der Waals surface area (Å²) in [5.74, 6) is 0.281. The van der Waals surface area contributed by atoms with Gasteiger partial charge in [-0.25, -0.2) is 10.2 Å². The van der Waals surface area contributed by atoms with Gasteiger partial charge in [-0.3, -0.25) is 9.48 Å². The summed E-state index contributed by atoms with van der Waals surface area (Å²) in [5, 5.41) is 8.27. The van der Waals surface area contributed by atoms with E-state index in [0.29, 0.717) is 22.6 Å². The summed E-state index contributed by atoms with van der Waals surface area (Å²) in [6.07, 6.45) is 1.46. The average Bonchev–Trinajstić information content (AvgIpc) is 3.06. The third-order valence-corrected chi connectivity index (χ3v) is 5.83. The van der Waals surface area contributed by atoms with Crippen molar-refractivity contribution in [2.45, 2.75) is 20.4 Å². The minimum atomic E-state index is -0.545. The Balaban J connectivity index is 1.63. The van der Waals surface area contributed by atoms with E-state index in [2.05, 4.69) is 31.6 Å². The van der Waals surface area contributed by atoms with Crippen molar-refractivity contribution in [2.75, 3.05) is 14.2 Å². The Kier molecular flexibility index (Phi) is 7.83. The molecule has 1 heterocycles. The van der Waals surface area contributed by atoms with Gasteiger partial charge in [-0.05, 0) is 71.7 Å². The number of benzene rings is 2. The van der Waals surface area contributed by atoms with Crippen molar-refractivity contribution in [3.63, 3.8) is 0 Å². The molecule has 1 aromatic heterocycles. The first-order valence-corrected chi connectivity index (χ1v) is 10.7. The topological polar surface area (TPSA) is 104 Å². The molecule has 0 aliphatic rings. The highest BCUT2D eigenvalue weighted by Crippen LogP contribution is 2.28. The lowest BCUT2D eigenvalue weighted by Gasteiger charge is -2.10. The number of methoxy groups -OCH3 is 2. The van der Waals surface area contributed by atoms with Crippen LogP contribution in [-0.2, 0) is 11.3 Å². The molecular formula is C23H23BrN4O5. The number of halogens is 1. The Hall–Kier alpha value is -3.66. The number of aromatic nitrogens is 2. The first-order valence-electron chi connectivity index (χ1n) is 9.88. The number of carbonyl (C=O) groups excluding carboxylic acids is 2. The number of carbonyl (C=O) groups is 2. The molecular weight excluding hydrogens is 492 g/mol. The Morgan fingerprint density at radius 1 is 1.12 bits per heavy atom. The van der Waals surface area contributed by atoms with Crippen LogP contribution in [0.3, 0.4) is 0 Å². The zero-order chi connectivity index (χ0) is 24.0. The van der Waals surface area contributed by atoms with Crippen molar-refractivity contribution in [2.24, 2.45) is 5.10 Å². The number of esters is 1. The number of hydrogen-bond acceptors (Lipinski definition) is 7. The van der Waals surface area contributed by atoms with E-state index in [-0.39, 0.29) is 18.2 Å². The van der Waals surface area contributed by atoms with Crippen LogP contribution in [0.2, 0.25) is 0 Å². The summed E-state index contributed by atoms with van der Waals surface area (Å²) in [4.78, 5) is 24.6. The van der Waals surface area contributed by atoms with Gasteiger partial charge in [0.05, 0.1) is 41.9 Å². The minimum Gasteiger partial charge on any atom is -0.497 e. The van der Waals surface area contributed by atoms with Crippen molar-refractivity contribution in [1.29, 1.82) is 0 Å². The van der Waals surface area contributed by atoms with E-state index in [1.165, 1.54) is 20.4 Å². The highest BCUT2D eigenvalue weighted by atomic mass is 79.9. The molecule has 0 saturated heterocycles. The fourth-order valence-corrected chi connectivity index (χ4v) is 3.22. The minimum absolute atomic E-state index is 0.0398. The molecule has 172 valence electrons. The molecule has 3 aromatic rings. The van der Waals surface area contributed by atoms with Gasteiger partial charge in [0.25, 0.3) is 5.91 Å². The van der Waals surface area contributed by atoms with E-state index in [0.717, 1.165) is 15.9 Å². The normalized spacial score (nSPS) is 10.8. The number of hydrazone groups is 1. The molecule has 1 N–H and O–H groups in total. The molecule has 0 atom stereocenters. The molecule has 0 aliphatic carbocycles. The predicted octanol–water partition coefficient (Wildman–Crippen LogP) is 3.65. The van der Waals surface area contributed by atoms with Gasteiger partial charge in [0.15, 0.2) is 11.5 Å². The van der Waals surface area contributed by atoms with Gasteiger partial charge in [0.1, 0.15) is 12.3 Å². The molecule has 0 saturated carbocycles. The Bertz CT molecular complexity index is 1210. The molecule has 0 fully saturated rings. The molecule has 10 heteroatoms. The standard InChI is InChI=1S/C23H23BrN4O5/c1-14-22(24)15(2)28(27-14)13-21(29)26-25-12-16-8-9-19(20(10-16)32-4)33-23(30)17-6-5-7-18(11-17)31-3/h5-12H,13H2,1-4H3,(H,26,29)/b25-12+. The Labute approximate surface area is 199 Å². The number of nitrogens with one attached hydrogen (secondary N) is 1. The summed E-state index contributed by atoms with van der Waals surface area (Å²) in [5.41, 5.74) is 5.12. The number of rotatable bonds is 8. The maximum Gasteiger partial charge on any atom is 0.343 e. The van der Waals surface area contributed by atoms with E-state index >= 15 is 0 Å². The SMILES string of the molecule is COc1cccc(C(=O)Oc2ccc(/C=N/NC(=O)Cn3nc(C)c(Br)c3C)cc2OC)c1. The summed E-state index contributed by atoms with van der Waals surface area (Å²) >= 11 is 3.43. The lowest BCUT2D eigenvalue weighted by molar-refractivity contribution is -0.121.